The second kappa shape index (κ2) is 6.64. The molecule has 0 bridgehead atoms. The number of aryl methyl sites for hydroxylation is 1. The van der Waals surface area contributed by atoms with Crippen LogP contribution < -0.4 is 5.32 Å². The predicted molar refractivity (Wildman–Crippen MR) is 78.3 cm³/mol. The lowest BCUT2D eigenvalue weighted by Gasteiger charge is -2.16. The second-order valence-corrected chi connectivity index (χ2v) is 5.00. The molecular weight excluding hydrogens is 258 g/mol. The minimum Gasteiger partial charge on any atom is -0.307 e. The van der Waals surface area contributed by atoms with Crippen LogP contribution in [0.5, 0.6) is 0 Å². The van der Waals surface area contributed by atoms with Crippen molar-refractivity contribution in [3.63, 3.8) is 0 Å². The predicted octanol–water partition coefficient (Wildman–Crippen LogP) is 3.33. The normalized spacial score (nSPS) is 12.4. The molecule has 4 heteroatoms. The lowest BCUT2D eigenvalue weighted by Crippen LogP contribution is -2.25. The van der Waals surface area contributed by atoms with Gasteiger partial charge in [-0.25, -0.2) is 9.97 Å². The van der Waals surface area contributed by atoms with Crippen LogP contribution in [0.4, 0.5) is 0 Å². The highest BCUT2D eigenvalue weighted by Crippen LogP contribution is 2.18. The van der Waals surface area contributed by atoms with E-state index in [1.54, 1.807) is 0 Å². The molecule has 2 rings (SSSR count). The Morgan fingerprint density at radius 2 is 2.00 bits per heavy atom. The molecule has 1 atom stereocenters. The molecule has 3 nitrogen and oxygen atoms in total. The number of nitrogens with one attached hydrogen (secondary N) is 1. The van der Waals surface area contributed by atoms with Gasteiger partial charge >= 0.3 is 0 Å². The summed E-state index contributed by atoms with van der Waals surface area (Å²) in [4.78, 5) is 8.82. The van der Waals surface area contributed by atoms with Crippen molar-refractivity contribution in [2.45, 2.75) is 26.3 Å². The summed E-state index contributed by atoms with van der Waals surface area (Å²) >= 11 is 6.02. The van der Waals surface area contributed by atoms with E-state index in [2.05, 4.69) is 28.3 Å². The monoisotopic (exact) mass is 275 g/mol. The molecule has 100 valence electrons. The van der Waals surface area contributed by atoms with Crippen molar-refractivity contribution in [2.24, 2.45) is 0 Å². The molecule has 0 saturated carbocycles. The van der Waals surface area contributed by atoms with Gasteiger partial charge in [0.05, 0.1) is 6.04 Å². The van der Waals surface area contributed by atoms with Gasteiger partial charge in [-0.05, 0) is 43.1 Å². The fourth-order valence-electron chi connectivity index (χ4n) is 1.98. The Labute approximate surface area is 119 Å². The smallest absolute Gasteiger partial charge is 0.145 e. The van der Waals surface area contributed by atoms with Gasteiger partial charge in [-0.15, -0.1) is 0 Å². The van der Waals surface area contributed by atoms with Crippen LogP contribution in [0.15, 0.2) is 36.7 Å². The summed E-state index contributed by atoms with van der Waals surface area (Å²) in [6, 6.07) is 8.03. The maximum Gasteiger partial charge on any atom is 0.145 e. The van der Waals surface area contributed by atoms with Gasteiger partial charge in [0.2, 0.25) is 0 Å². The van der Waals surface area contributed by atoms with Crippen molar-refractivity contribution in [3.8, 4) is 0 Å². The molecule has 1 N–H and O–H groups in total. The van der Waals surface area contributed by atoms with Gasteiger partial charge in [0.15, 0.2) is 0 Å². The molecule has 0 amide bonds. The van der Waals surface area contributed by atoms with Gasteiger partial charge in [0.1, 0.15) is 5.82 Å². The van der Waals surface area contributed by atoms with Crippen LogP contribution in [0.2, 0.25) is 5.02 Å². The van der Waals surface area contributed by atoms with Crippen molar-refractivity contribution >= 4 is 11.6 Å². The van der Waals surface area contributed by atoms with Crippen LogP contribution in [0, 0.1) is 6.92 Å². The van der Waals surface area contributed by atoms with Crippen molar-refractivity contribution < 1.29 is 0 Å². The third-order valence-corrected chi connectivity index (χ3v) is 3.13. The number of aromatic nitrogens is 2. The van der Waals surface area contributed by atoms with Crippen LogP contribution in [0.25, 0.3) is 0 Å². The molecule has 1 aromatic heterocycles. The first kappa shape index (κ1) is 14.0. The first-order valence-electron chi connectivity index (χ1n) is 6.45. The van der Waals surface area contributed by atoms with E-state index in [0.29, 0.717) is 0 Å². The number of nitrogens with zero attached hydrogens (tertiary/aromatic N) is 2. The van der Waals surface area contributed by atoms with E-state index < -0.39 is 0 Å². The standard InChI is InChI=1S/C15H18ClN3/c1-3-17-14(15-18-9-11(2)10-19-15)8-12-5-4-6-13(16)7-12/h4-7,9-10,14,17H,3,8H2,1-2H3. The number of benzene rings is 1. The maximum atomic E-state index is 6.02. The molecular formula is C15H18ClN3. The van der Waals surface area contributed by atoms with Crippen LogP contribution >= 0.6 is 11.6 Å². The largest absolute Gasteiger partial charge is 0.307 e. The lowest BCUT2D eigenvalue weighted by atomic mass is 10.1. The molecule has 0 aliphatic carbocycles. The topological polar surface area (TPSA) is 37.8 Å². The van der Waals surface area contributed by atoms with Gasteiger partial charge in [-0.3, -0.25) is 0 Å². The molecule has 0 radical (unpaired) electrons. The quantitative estimate of drug-likeness (QED) is 0.909. The molecule has 0 fully saturated rings. The molecule has 1 aromatic carbocycles. The summed E-state index contributed by atoms with van der Waals surface area (Å²) in [6.45, 7) is 4.95. The van der Waals surface area contributed by atoms with Crippen molar-refractivity contribution in [1.29, 1.82) is 0 Å². The first-order chi connectivity index (χ1) is 9.19. The van der Waals surface area contributed by atoms with Gasteiger partial charge in [-0.1, -0.05) is 30.7 Å². The van der Waals surface area contributed by atoms with Gasteiger partial charge in [0, 0.05) is 17.4 Å². The molecule has 0 spiro atoms. The van der Waals surface area contributed by atoms with E-state index in [-0.39, 0.29) is 6.04 Å². The van der Waals surface area contributed by atoms with E-state index >= 15 is 0 Å². The minimum absolute atomic E-state index is 0.115. The second-order valence-electron chi connectivity index (χ2n) is 4.56. The number of halogens is 1. The highest BCUT2D eigenvalue weighted by molar-refractivity contribution is 6.30. The Kier molecular flexibility index (Phi) is 4.88. The summed E-state index contributed by atoms with van der Waals surface area (Å²) in [5, 5.41) is 4.18. The molecule has 2 aromatic rings. The van der Waals surface area contributed by atoms with Crippen molar-refractivity contribution in [2.75, 3.05) is 6.54 Å². The highest BCUT2D eigenvalue weighted by Gasteiger charge is 2.14. The molecule has 19 heavy (non-hydrogen) atoms. The summed E-state index contributed by atoms with van der Waals surface area (Å²) in [5.74, 6) is 0.826. The average Bonchev–Trinajstić information content (AvgIpc) is 2.39. The molecule has 1 heterocycles. The van der Waals surface area contributed by atoms with E-state index in [0.717, 1.165) is 29.4 Å². The van der Waals surface area contributed by atoms with E-state index in [4.69, 9.17) is 11.6 Å². The first-order valence-corrected chi connectivity index (χ1v) is 6.83. The zero-order valence-corrected chi connectivity index (χ0v) is 12.0. The van der Waals surface area contributed by atoms with Crippen LogP contribution in [-0.4, -0.2) is 16.5 Å². The summed E-state index contributed by atoms with van der Waals surface area (Å²) in [6.07, 6.45) is 4.53. The fourth-order valence-corrected chi connectivity index (χ4v) is 2.20. The van der Waals surface area contributed by atoms with Gasteiger partial charge in [-0.2, -0.15) is 0 Å². The van der Waals surface area contributed by atoms with Crippen molar-refractivity contribution in [3.05, 3.63) is 58.6 Å². The van der Waals surface area contributed by atoms with Crippen molar-refractivity contribution in [1.82, 2.24) is 15.3 Å². The number of rotatable bonds is 5. The third-order valence-electron chi connectivity index (χ3n) is 2.89. The van der Waals surface area contributed by atoms with E-state index in [1.807, 2.05) is 37.5 Å². The summed E-state index contributed by atoms with van der Waals surface area (Å²) < 4.78 is 0. The number of hydrogen-bond donors (Lipinski definition) is 1. The molecule has 0 saturated heterocycles. The third kappa shape index (κ3) is 4.01. The van der Waals surface area contributed by atoms with Crippen LogP contribution in [0.1, 0.15) is 29.9 Å². The SMILES string of the molecule is CCNC(Cc1cccc(Cl)c1)c1ncc(C)cn1. The van der Waals surface area contributed by atoms with Crippen LogP contribution in [-0.2, 0) is 6.42 Å². The Hall–Kier alpha value is -1.45. The Bertz CT molecular complexity index is 525. The van der Waals surface area contributed by atoms with Crippen LogP contribution in [0.3, 0.4) is 0 Å². The lowest BCUT2D eigenvalue weighted by molar-refractivity contribution is 0.521. The van der Waals surface area contributed by atoms with E-state index in [9.17, 15) is 0 Å². The average molecular weight is 276 g/mol. The summed E-state index contributed by atoms with van der Waals surface area (Å²) in [5.41, 5.74) is 2.25. The van der Waals surface area contributed by atoms with Gasteiger partial charge < -0.3 is 5.32 Å². The molecule has 0 aliphatic heterocycles. The summed E-state index contributed by atoms with van der Waals surface area (Å²) in [7, 11) is 0. The molecule has 1 unspecified atom stereocenters. The Morgan fingerprint density at radius 3 is 2.63 bits per heavy atom. The highest BCUT2D eigenvalue weighted by atomic mass is 35.5. The fraction of sp³-hybridized carbons (Fsp3) is 0.333. The number of hydrogen-bond acceptors (Lipinski definition) is 3. The Balaban J connectivity index is 2.18. The van der Waals surface area contributed by atoms with Gasteiger partial charge in [0.25, 0.3) is 0 Å². The Morgan fingerprint density at radius 1 is 1.26 bits per heavy atom. The number of likely N-dealkylation sites (N-methyl/N-ethyl adjacent to an activating group) is 1. The minimum atomic E-state index is 0.115. The maximum absolute atomic E-state index is 6.02. The molecule has 0 aliphatic rings. The zero-order valence-electron chi connectivity index (χ0n) is 11.2. The van der Waals surface area contributed by atoms with E-state index in [1.165, 1.54) is 5.56 Å². The zero-order chi connectivity index (χ0) is 13.7.